The summed E-state index contributed by atoms with van der Waals surface area (Å²) in [6, 6.07) is 7.49. The number of aryl methyl sites for hydroxylation is 1. The van der Waals surface area contributed by atoms with Gasteiger partial charge in [-0.25, -0.2) is 0 Å². The van der Waals surface area contributed by atoms with Gasteiger partial charge in [0.15, 0.2) is 11.5 Å². The number of furan rings is 1. The maximum absolute atomic E-state index is 11.7. The Kier molecular flexibility index (Phi) is 3.23. The van der Waals surface area contributed by atoms with E-state index in [-0.39, 0.29) is 29.5 Å². The molecule has 0 unspecified atom stereocenters. The van der Waals surface area contributed by atoms with Crippen molar-refractivity contribution in [3.63, 3.8) is 0 Å². The molecule has 0 aliphatic rings. The number of phenols is 2. The summed E-state index contributed by atoms with van der Waals surface area (Å²) in [5, 5.41) is 21.1. The molecule has 2 rings (SSSR count). The lowest BCUT2D eigenvalue weighted by atomic mass is 10.2. The maximum Gasteiger partial charge on any atom is 0.251 e. The van der Waals surface area contributed by atoms with Crippen LogP contribution >= 0.6 is 0 Å². The minimum Gasteiger partial charge on any atom is -0.504 e. The van der Waals surface area contributed by atoms with Gasteiger partial charge in [-0.05, 0) is 37.3 Å². The van der Waals surface area contributed by atoms with Gasteiger partial charge in [-0.15, -0.1) is 0 Å². The maximum atomic E-state index is 11.7. The summed E-state index contributed by atoms with van der Waals surface area (Å²) in [7, 11) is 0. The van der Waals surface area contributed by atoms with Crippen LogP contribution in [0.5, 0.6) is 11.5 Å². The van der Waals surface area contributed by atoms with Crippen molar-refractivity contribution in [3.8, 4) is 11.5 Å². The van der Waals surface area contributed by atoms with Crippen molar-refractivity contribution in [1.82, 2.24) is 5.32 Å². The predicted molar refractivity (Wildman–Crippen MR) is 64.4 cm³/mol. The largest absolute Gasteiger partial charge is 0.504 e. The Morgan fingerprint density at radius 3 is 2.61 bits per heavy atom. The average Bonchev–Trinajstić information content (AvgIpc) is 2.75. The molecule has 2 aromatic rings. The van der Waals surface area contributed by atoms with E-state index in [4.69, 9.17) is 9.52 Å². The molecule has 1 aromatic carbocycles. The Morgan fingerprint density at radius 2 is 2.00 bits per heavy atom. The Bertz CT molecular complexity index is 574. The first-order valence-corrected chi connectivity index (χ1v) is 5.42. The van der Waals surface area contributed by atoms with Crippen LogP contribution in [0.15, 0.2) is 34.7 Å². The minimum atomic E-state index is -0.348. The van der Waals surface area contributed by atoms with Crippen molar-refractivity contribution in [3.05, 3.63) is 47.4 Å². The summed E-state index contributed by atoms with van der Waals surface area (Å²) in [5.41, 5.74) is 0.272. The number of phenolic OH excluding ortho intramolecular Hbond substituents is 2. The fourth-order valence-electron chi connectivity index (χ4n) is 1.51. The Morgan fingerprint density at radius 1 is 1.22 bits per heavy atom. The molecule has 1 aromatic heterocycles. The molecule has 0 radical (unpaired) electrons. The van der Waals surface area contributed by atoms with Crippen LogP contribution in [-0.4, -0.2) is 16.1 Å². The first kappa shape index (κ1) is 12.0. The van der Waals surface area contributed by atoms with Crippen molar-refractivity contribution >= 4 is 5.91 Å². The number of rotatable bonds is 3. The van der Waals surface area contributed by atoms with Crippen molar-refractivity contribution in [2.75, 3.05) is 0 Å². The lowest BCUT2D eigenvalue weighted by Gasteiger charge is -2.04. The highest BCUT2D eigenvalue weighted by molar-refractivity contribution is 5.94. The lowest BCUT2D eigenvalue weighted by Crippen LogP contribution is -2.22. The first-order chi connectivity index (χ1) is 8.56. The summed E-state index contributed by atoms with van der Waals surface area (Å²) in [6.07, 6.45) is 0. The van der Waals surface area contributed by atoms with Gasteiger partial charge in [0.25, 0.3) is 5.91 Å². The second-order valence-electron chi connectivity index (χ2n) is 3.90. The van der Waals surface area contributed by atoms with Gasteiger partial charge in [-0.1, -0.05) is 0 Å². The molecule has 5 heteroatoms. The first-order valence-electron chi connectivity index (χ1n) is 5.42. The molecule has 1 amide bonds. The molecule has 0 saturated carbocycles. The van der Waals surface area contributed by atoms with E-state index in [2.05, 4.69) is 5.32 Å². The number of carbonyl (C=O) groups is 1. The van der Waals surface area contributed by atoms with Gasteiger partial charge in [-0.2, -0.15) is 0 Å². The van der Waals surface area contributed by atoms with Crippen molar-refractivity contribution in [1.29, 1.82) is 0 Å². The van der Waals surface area contributed by atoms with E-state index >= 15 is 0 Å². The van der Waals surface area contributed by atoms with E-state index in [0.717, 1.165) is 5.76 Å². The summed E-state index contributed by atoms with van der Waals surface area (Å²) >= 11 is 0. The molecule has 0 fully saturated rings. The average molecular weight is 247 g/mol. The topological polar surface area (TPSA) is 82.7 Å². The normalized spacial score (nSPS) is 10.3. The van der Waals surface area contributed by atoms with Gasteiger partial charge in [0.1, 0.15) is 11.5 Å². The van der Waals surface area contributed by atoms with Crippen molar-refractivity contribution in [2.24, 2.45) is 0 Å². The molecule has 18 heavy (non-hydrogen) atoms. The second kappa shape index (κ2) is 4.83. The number of nitrogens with one attached hydrogen (secondary N) is 1. The Labute approximate surface area is 104 Å². The number of carbonyl (C=O) groups excluding carboxylic acids is 1. The summed E-state index contributed by atoms with van der Waals surface area (Å²) in [5.74, 6) is 0.509. The van der Waals surface area contributed by atoms with Crippen LogP contribution in [0.4, 0.5) is 0 Å². The SMILES string of the molecule is Cc1ccc(CNC(=O)c2ccc(O)c(O)c2)o1. The molecule has 0 aliphatic heterocycles. The van der Waals surface area contributed by atoms with E-state index in [1.165, 1.54) is 18.2 Å². The van der Waals surface area contributed by atoms with Crippen molar-refractivity contribution in [2.45, 2.75) is 13.5 Å². The smallest absolute Gasteiger partial charge is 0.251 e. The zero-order valence-corrected chi connectivity index (χ0v) is 9.80. The summed E-state index contributed by atoms with van der Waals surface area (Å²) < 4.78 is 5.31. The Balaban J connectivity index is 2.01. The second-order valence-corrected chi connectivity index (χ2v) is 3.90. The molecule has 3 N–H and O–H groups in total. The fraction of sp³-hybridized carbons (Fsp3) is 0.154. The van der Waals surface area contributed by atoms with E-state index in [1.807, 2.05) is 13.0 Å². The van der Waals surface area contributed by atoms with E-state index in [0.29, 0.717) is 5.76 Å². The van der Waals surface area contributed by atoms with Crippen molar-refractivity contribution < 1.29 is 19.4 Å². The third-order valence-corrected chi connectivity index (χ3v) is 2.46. The summed E-state index contributed by atoms with van der Waals surface area (Å²) in [4.78, 5) is 11.7. The third-order valence-electron chi connectivity index (χ3n) is 2.46. The van der Waals surface area contributed by atoms with Crippen LogP contribution in [0, 0.1) is 6.92 Å². The Hall–Kier alpha value is -2.43. The minimum absolute atomic E-state index is 0.256. The molecule has 94 valence electrons. The molecule has 5 nitrogen and oxygen atoms in total. The zero-order valence-electron chi connectivity index (χ0n) is 9.80. The predicted octanol–water partition coefficient (Wildman–Crippen LogP) is 1.93. The lowest BCUT2D eigenvalue weighted by molar-refractivity contribution is 0.0947. The standard InChI is InChI=1S/C13H13NO4/c1-8-2-4-10(18-8)7-14-13(17)9-3-5-11(15)12(16)6-9/h2-6,15-16H,7H2,1H3,(H,14,17). The van der Waals surface area contributed by atoms with Crippen LogP contribution in [0.25, 0.3) is 0 Å². The fourth-order valence-corrected chi connectivity index (χ4v) is 1.51. The van der Waals surface area contributed by atoms with Crippen LogP contribution in [0.2, 0.25) is 0 Å². The van der Waals surface area contributed by atoms with Crippen LogP contribution in [0.3, 0.4) is 0 Å². The number of aromatic hydroxyl groups is 2. The molecular weight excluding hydrogens is 234 g/mol. The highest BCUT2D eigenvalue weighted by Crippen LogP contribution is 2.24. The van der Waals surface area contributed by atoms with E-state index < -0.39 is 0 Å². The van der Waals surface area contributed by atoms with Crippen LogP contribution < -0.4 is 5.32 Å². The number of amides is 1. The van der Waals surface area contributed by atoms with Crippen LogP contribution in [-0.2, 0) is 6.54 Å². The molecule has 0 spiro atoms. The molecule has 0 atom stereocenters. The van der Waals surface area contributed by atoms with Gasteiger partial charge in [-0.3, -0.25) is 4.79 Å². The number of hydrogen-bond donors (Lipinski definition) is 3. The van der Waals surface area contributed by atoms with Gasteiger partial charge >= 0.3 is 0 Å². The van der Waals surface area contributed by atoms with Gasteiger partial charge in [0, 0.05) is 5.56 Å². The van der Waals surface area contributed by atoms with Gasteiger partial charge in [0.2, 0.25) is 0 Å². The third kappa shape index (κ3) is 2.63. The zero-order chi connectivity index (χ0) is 13.1. The number of benzene rings is 1. The molecule has 0 bridgehead atoms. The molecule has 0 aliphatic carbocycles. The van der Waals surface area contributed by atoms with Crippen LogP contribution in [0.1, 0.15) is 21.9 Å². The van der Waals surface area contributed by atoms with E-state index in [1.54, 1.807) is 6.07 Å². The number of hydrogen-bond acceptors (Lipinski definition) is 4. The molecular formula is C13H13NO4. The van der Waals surface area contributed by atoms with Gasteiger partial charge < -0.3 is 19.9 Å². The summed E-state index contributed by atoms with van der Waals surface area (Å²) in [6.45, 7) is 2.09. The molecule has 1 heterocycles. The highest BCUT2D eigenvalue weighted by Gasteiger charge is 2.09. The van der Waals surface area contributed by atoms with E-state index in [9.17, 15) is 9.90 Å². The van der Waals surface area contributed by atoms with Gasteiger partial charge in [0.05, 0.1) is 6.54 Å². The highest BCUT2D eigenvalue weighted by atomic mass is 16.3. The monoisotopic (exact) mass is 247 g/mol. The molecule has 0 saturated heterocycles. The quantitative estimate of drug-likeness (QED) is 0.724.